The maximum atomic E-state index is 11.0. The number of aromatic carboxylic acids is 1. The van der Waals surface area contributed by atoms with E-state index < -0.39 is 5.97 Å². The van der Waals surface area contributed by atoms with Crippen LogP contribution in [0.4, 0.5) is 5.82 Å². The molecule has 2 unspecified atom stereocenters. The van der Waals surface area contributed by atoms with Gasteiger partial charge in [0, 0.05) is 24.3 Å². The summed E-state index contributed by atoms with van der Waals surface area (Å²) in [6.07, 6.45) is 3.08. The molecule has 2 rings (SSSR count). The van der Waals surface area contributed by atoms with Crippen molar-refractivity contribution in [2.75, 3.05) is 11.9 Å². The summed E-state index contributed by atoms with van der Waals surface area (Å²) in [6, 6.07) is 3.28. The van der Waals surface area contributed by atoms with E-state index in [9.17, 15) is 9.90 Å². The first kappa shape index (κ1) is 12.8. The molecule has 1 aliphatic rings. The Morgan fingerprint density at radius 3 is 2.94 bits per heavy atom. The van der Waals surface area contributed by atoms with Crippen LogP contribution in [0.3, 0.4) is 0 Å². The summed E-state index contributed by atoms with van der Waals surface area (Å²) < 4.78 is 0. The summed E-state index contributed by atoms with van der Waals surface area (Å²) in [6.45, 7) is 1.94. The summed E-state index contributed by atoms with van der Waals surface area (Å²) in [7, 11) is 0. The highest BCUT2D eigenvalue weighted by atomic mass is 16.4. The summed E-state index contributed by atoms with van der Waals surface area (Å²) in [5.74, 6) is -0.132. The summed E-state index contributed by atoms with van der Waals surface area (Å²) in [4.78, 5) is 15.3. The van der Waals surface area contributed by atoms with Gasteiger partial charge < -0.3 is 15.5 Å². The number of pyridine rings is 1. The zero-order valence-electron chi connectivity index (χ0n) is 10.4. The molecular weight excluding hydrogens is 232 g/mol. The van der Waals surface area contributed by atoms with Crippen molar-refractivity contribution in [2.24, 2.45) is 5.92 Å². The van der Waals surface area contributed by atoms with Crippen LogP contribution in [0, 0.1) is 12.8 Å². The Morgan fingerprint density at radius 1 is 1.50 bits per heavy atom. The number of carboxylic acids is 1. The van der Waals surface area contributed by atoms with Crippen molar-refractivity contribution in [2.45, 2.75) is 32.2 Å². The van der Waals surface area contributed by atoms with E-state index in [4.69, 9.17) is 5.11 Å². The first-order chi connectivity index (χ1) is 8.60. The predicted octanol–water partition coefficient (Wildman–Crippen LogP) is 1.66. The number of hydrogen-bond donors (Lipinski definition) is 3. The third-order valence-electron chi connectivity index (χ3n) is 3.43. The van der Waals surface area contributed by atoms with Gasteiger partial charge in [0.25, 0.3) is 0 Å². The van der Waals surface area contributed by atoms with E-state index in [0.29, 0.717) is 11.5 Å². The summed E-state index contributed by atoms with van der Waals surface area (Å²) in [5, 5.41) is 21.5. The number of rotatable bonds is 4. The number of hydrogen-bond acceptors (Lipinski definition) is 4. The lowest BCUT2D eigenvalue weighted by molar-refractivity contribution is 0.0696. The van der Waals surface area contributed by atoms with Gasteiger partial charge in [0.05, 0.1) is 5.56 Å². The lowest BCUT2D eigenvalue weighted by atomic mass is 10.1. The third kappa shape index (κ3) is 2.79. The second-order valence-electron chi connectivity index (χ2n) is 4.81. The molecule has 1 heterocycles. The normalized spacial score (nSPS) is 23.0. The molecule has 2 atom stereocenters. The first-order valence-electron chi connectivity index (χ1n) is 6.19. The van der Waals surface area contributed by atoms with Crippen LogP contribution in [0.25, 0.3) is 0 Å². The summed E-state index contributed by atoms with van der Waals surface area (Å²) in [5.41, 5.74) is 0.916. The van der Waals surface area contributed by atoms with E-state index in [1.807, 2.05) is 0 Å². The van der Waals surface area contributed by atoms with E-state index in [1.54, 1.807) is 19.1 Å². The van der Waals surface area contributed by atoms with Crippen LogP contribution in [0.5, 0.6) is 0 Å². The van der Waals surface area contributed by atoms with Crippen LogP contribution in [-0.4, -0.2) is 33.8 Å². The monoisotopic (exact) mass is 250 g/mol. The topological polar surface area (TPSA) is 82.5 Å². The van der Waals surface area contributed by atoms with Gasteiger partial charge in [-0.2, -0.15) is 0 Å². The van der Waals surface area contributed by atoms with Gasteiger partial charge in [-0.3, -0.25) is 0 Å². The van der Waals surface area contributed by atoms with Crippen LogP contribution < -0.4 is 5.32 Å². The highest BCUT2D eigenvalue weighted by Gasteiger charge is 2.26. The zero-order valence-corrected chi connectivity index (χ0v) is 10.4. The molecule has 0 spiro atoms. The average Bonchev–Trinajstić information content (AvgIpc) is 2.75. The minimum absolute atomic E-state index is 0.162. The fourth-order valence-electron chi connectivity index (χ4n) is 2.50. The largest absolute Gasteiger partial charge is 0.478 e. The third-order valence-corrected chi connectivity index (χ3v) is 3.43. The lowest BCUT2D eigenvalue weighted by Crippen LogP contribution is -2.27. The maximum absolute atomic E-state index is 11.0. The van der Waals surface area contributed by atoms with Crippen LogP contribution >= 0.6 is 0 Å². The van der Waals surface area contributed by atoms with Gasteiger partial charge in [-0.15, -0.1) is 0 Å². The molecule has 18 heavy (non-hydrogen) atoms. The van der Waals surface area contributed by atoms with Crippen molar-refractivity contribution in [3.63, 3.8) is 0 Å². The quantitative estimate of drug-likeness (QED) is 0.757. The highest BCUT2D eigenvalue weighted by molar-refractivity contribution is 5.88. The average molecular weight is 250 g/mol. The number of aliphatic hydroxyl groups is 1. The van der Waals surface area contributed by atoms with Crippen LogP contribution in [0.2, 0.25) is 0 Å². The number of aliphatic hydroxyl groups excluding tert-OH is 1. The molecule has 1 fully saturated rings. The molecule has 1 aromatic heterocycles. The van der Waals surface area contributed by atoms with Gasteiger partial charge in [0.1, 0.15) is 5.82 Å². The van der Waals surface area contributed by atoms with Gasteiger partial charge in [0.15, 0.2) is 0 Å². The van der Waals surface area contributed by atoms with Gasteiger partial charge in [-0.1, -0.05) is 6.42 Å². The Bertz CT molecular complexity index is 448. The predicted molar refractivity (Wildman–Crippen MR) is 67.8 cm³/mol. The number of aryl methyl sites for hydroxylation is 1. The Morgan fingerprint density at radius 2 is 2.28 bits per heavy atom. The maximum Gasteiger partial charge on any atom is 0.335 e. The second-order valence-corrected chi connectivity index (χ2v) is 4.81. The SMILES string of the molecule is Cc1cc(C(=O)O)cc(NC2CCCC2CO)n1. The number of aromatic nitrogens is 1. The molecule has 0 bridgehead atoms. The van der Waals surface area contributed by atoms with E-state index in [-0.39, 0.29) is 24.1 Å². The minimum atomic E-state index is -0.950. The fraction of sp³-hybridized carbons (Fsp3) is 0.538. The van der Waals surface area contributed by atoms with Crippen molar-refractivity contribution < 1.29 is 15.0 Å². The van der Waals surface area contributed by atoms with Crippen molar-refractivity contribution in [3.05, 3.63) is 23.4 Å². The number of anilines is 1. The smallest absolute Gasteiger partial charge is 0.335 e. The molecule has 0 aromatic carbocycles. The fourth-order valence-corrected chi connectivity index (χ4v) is 2.50. The molecule has 0 amide bonds. The van der Waals surface area contributed by atoms with Gasteiger partial charge >= 0.3 is 5.97 Å². The molecule has 0 aliphatic heterocycles. The van der Waals surface area contributed by atoms with Gasteiger partial charge in [0.2, 0.25) is 0 Å². The zero-order chi connectivity index (χ0) is 13.1. The molecule has 0 radical (unpaired) electrons. The van der Waals surface area contributed by atoms with E-state index in [0.717, 1.165) is 19.3 Å². The number of carboxylic acid groups (broad SMARTS) is 1. The Kier molecular flexibility index (Phi) is 3.81. The number of carbonyl (C=O) groups is 1. The molecule has 98 valence electrons. The Balaban J connectivity index is 2.16. The van der Waals surface area contributed by atoms with E-state index in [1.165, 1.54) is 0 Å². The van der Waals surface area contributed by atoms with Crippen LogP contribution in [0.15, 0.2) is 12.1 Å². The van der Waals surface area contributed by atoms with Gasteiger partial charge in [-0.05, 0) is 31.9 Å². The van der Waals surface area contributed by atoms with Crippen LogP contribution in [-0.2, 0) is 0 Å². The first-order valence-corrected chi connectivity index (χ1v) is 6.19. The second kappa shape index (κ2) is 5.35. The molecule has 3 N–H and O–H groups in total. The minimum Gasteiger partial charge on any atom is -0.478 e. The van der Waals surface area contributed by atoms with Crippen molar-refractivity contribution in [1.82, 2.24) is 4.98 Å². The van der Waals surface area contributed by atoms with Crippen molar-refractivity contribution in [1.29, 1.82) is 0 Å². The number of nitrogens with zero attached hydrogens (tertiary/aromatic N) is 1. The van der Waals surface area contributed by atoms with Crippen molar-refractivity contribution in [3.8, 4) is 0 Å². The molecule has 1 aromatic rings. The highest BCUT2D eigenvalue weighted by Crippen LogP contribution is 2.28. The summed E-state index contributed by atoms with van der Waals surface area (Å²) >= 11 is 0. The molecule has 5 heteroatoms. The molecular formula is C13H18N2O3. The van der Waals surface area contributed by atoms with E-state index >= 15 is 0 Å². The molecule has 0 saturated heterocycles. The Hall–Kier alpha value is -1.62. The van der Waals surface area contributed by atoms with Crippen molar-refractivity contribution >= 4 is 11.8 Å². The molecule has 5 nitrogen and oxygen atoms in total. The standard InChI is InChI=1S/C13H18N2O3/c1-8-5-10(13(17)18)6-12(14-8)15-11-4-2-3-9(11)7-16/h5-6,9,11,16H,2-4,7H2,1H3,(H,14,15)(H,17,18). The number of nitrogens with one attached hydrogen (secondary N) is 1. The van der Waals surface area contributed by atoms with Crippen LogP contribution in [0.1, 0.15) is 35.3 Å². The van der Waals surface area contributed by atoms with Gasteiger partial charge in [-0.25, -0.2) is 9.78 Å². The Labute approximate surface area is 106 Å². The lowest BCUT2D eigenvalue weighted by Gasteiger charge is -2.20. The molecule has 1 aliphatic carbocycles. The van der Waals surface area contributed by atoms with E-state index in [2.05, 4.69) is 10.3 Å². The molecule has 1 saturated carbocycles.